The van der Waals surface area contributed by atoms with Gasteiger partial charge in [-0.1, -0.05) is 32.6 Å². The minimum atomic E-state index is 0.349. The maximum Gasteiger partial charge on any atom is 0.0445 e. The summed E-state index contributed by atoms with van der Waals surface area (Å²) in [5.41, 5.74) is 0.680. The van der Waals surface area contributed by atoms with E-state index < -0.39 is 0 Å². The second-order valence-corrected chi connectivity index (χ2v) is 5.89. The molecule has 1 saturated carbocycles. The van der Waals surface area contributed by atoms with E-state index in [4.69, 9.17) is 5.11 Å². The number of aliphatic hydroxyl groups excluding tert-OH is 1. The highest BCUT2D eigenvalue weighted by Crippen LogP contribution is 2.44. The highest BCUT2D eigenvalue weighted by Gasteiger charge is 2.44. The molecule has 1 atom stereocenters. The smallest absolute Gasteiger partial charge is 0.0445 e. The normalized spacial score (nSPS) is 27.4. The zero-order valence-corrected chi connectivity index (χ0v) is 10.7. The van der Waals surface area contributed by atoms with Crippen molar-refractivity contribution in [3.8, 4) is 0 Å². The van der Waals surface area contributed by atoms with Crippen LogP contribution >= 0.6 is 0 Å². The van der Waals surface area contributed by atoms with E-state index in [1.165, 1.54) is 58.0 Å². The van der Waals surface area contributed by atoms with Gasteiger partial charge in [0.05, 0.1) is 0 Å². The largest absolute Gasteiger partial charge is 0.396 e. The van der Waals surface area contributed by atoms with Gasteiger partial charge in [0.15, 0.2) is 0 Å². The summed E-state index contributed by atoms with van der Waals surface area (Å²) in [5.74, 6) is 0. The van der Waals surface area contributed by atoms with Crippen LogP contribution in [0.25, 0.3) is 0 Å². The Bertz CT molecular complexity index is 201. The molecule has 1 N–H and O–H groups in total. The van der Waals surface area contributed by atoms with Crippen LogP contribution < -0.4 is 0 Å². The first-order valence-corrected chi connectivity index (χ1v) is 7.14. The Labute approximate surface area is 100 Å². The molecule has 1 unspecified atom stereocenters. The van der Waals surface area contributed by atoms with Crippen molar-refractivity contribution in [3.05, 3.63) is 0 Å². The summed E-state index contributed by atoms with van der Waals surface area (Å²) in [5, 5.41) is 9.06. The van der Waals surface area contributed by atoms with Crippen LogP contribution in [0.4, 0.5) is 0 Å². The van der Waals surface area contributed by atoms with Crippen molar-refractivity contribution in [2.24, 2.45) is 5.41 Å². The van der Waals surface area contributed by atoms with Gasteiger partial charge in [0, 0.05) is 25.7 Å². The van der Waals surface area contributed by atoms with Crippen molar-refractivity contribution < 1.29 is 5.11 Å². The summed E-state index contributed by atoms with van der Waals surface area (Å²) < 4.78 is 0. The van der Waals surface area contributed by atoms with Gasteiger partial charge < -0.3 is 5.11 Å². The quantitative estimate of drug-likeness (QED) is 0.795. The Balaban J connectivity index is 1.82. The molecule has 2 fully saturated rings. The van der Waals surface area contributed by atoms with Gasteiger partial charge in [0.25, 0.3) is 0 Å². The number of rotatable bonds is 4. The van der Waals surface area contributed by atoms with E-state index in [-0.39, 0.29) is 0 Å². The second-order valence-electron chi connectivity index (χ2n) is 5.89. The Morgan fingerprint density at radius 1 is 1.12 bits per heavy atom. The molecule has 2 rings (SSSR count). The van der Waals surface area contributed by atoms with Crippen LogP contribution in [0.2, 0.25) is 0 Å². The first-order chi connectivity index (χ1) is 7.79. The second kappa shape index (κ2) is 5.50. The van der Waals surface area contributed by atoms with Crippen LogP contribution in [-0.4, -0.2) is 35.7 Å². The molecule has 1 heterocycles. The topological polar surface area (TPSA) is 23.5 Å². The molecule has 0 bridgehead atoms. The fourth-order valence-electron chi connectivity index (χ4n) is 3.66. The van der Waals surface area contributed by atoms with Crippen LogP contribution in [-0.2, 0) is 0 Å². The number of likely N-dealkylation sites (tertiary alicyclic amines) is 1. The molecule has 1 spiro atoms. The summed E-state index contributed by atoms with van der Waals surface area (Å²) >= 11 is 0. The molecule has 1 aliphatic carbocycles. The predicted octanol–water partition coefficient (Wildman–Crippen LogP) is 2.80. The molecule has 0 amide bonds. The first-order valence-electron chi connectivity index (χ1n) is 7.14. The number of hydrogen-bond donors (Lipinski definition) is 1. The molecule has 2 nitrogen and oxygen atoms in total. The lowest BCUT2D eigenvalue weighted by atomic mass is 9.72. The zero-order valence-electron chi connectivity index (χ0n) is 10.7. The van der Waals surface area contributed by atoms with Crippen molar-refractivity contribution in [2.75, 3.05) is 19.7 Å². The predicted molar refractivity (Wildman–Crippen MR) is 67.5 cm³/mol. The third kappa shape index (κ3) is 2.60. The summed E-state index contributed by atoms with van der Waals surface area (Å²) in [6.45, 7) is 5.22. The van der Waals surface area contributed by atoms with Gasteiger partial charge in [-0.15, -0.1) is 0 Å². The lowest BCUT2D eigenvalue weighted by Gasteiger charge is -2.53. The van der Waals surface area contributed by atoms with Crippen LogP contribution in [0.1, 0.15) is 58.3 Å². The summed E-state index contributed by atoms with van der Waals surface area (Å²) in [7, 11) is 0. The van der Waals surface area contributed by atoms with E-state index in [9.17, 15) is 0 Å². The molecular weight excluding hydrogens is 198 g/mol. The number of hydrogen-bond acceptors (Lipinski definition) is 2. The van der Waals surface area contributed by atoms with Crippen LogP contribution in [0, 0.1) is 5.41 Å². The molecule has 16 heavy (non-hydrogen) atoms. The minimum absolute atomic E-state index is 0.349. The molecule has 0 radical (unpaired) electrons. The van der Waals surface area contributed by atoms with Gasteiger partial charge >= 0.3 is 0 Å². The Morgan fingerprint density at radius 3 is 2.25 bits per heavy atom. The van der Waals surface area contributed by atoms with Crippen LogP contribution in [0.15, 0.2) is 0 Å². The van der Waals surface area contributed by atoms with E-state index in [0.717, 1.165) is 6.42 Å². The minimum Gasteiger partial charge on any atom is -0.396 e. The van der Waals surface area contributed by atoms with Crippen molar-refractivity contribution in [3.63, 3.8) is 0 Å². The molecule has 2 aliphatic rings. The monoisotopic (exact) mass is 225 g/mol. The fourth-order valence-corrected chi connectivity index (χ4v) is 3.66. The average molecular weight is 225 g/mol. The summed E-state index contributed by atoms with van der Waals surface area (Å²) in [6.07, 6.45) is 10.9. The first kappa shape index (κ1) is 12.4. The van der Waals surface area contributed by atoms with Gasteiger partial charge in [-0.05, 0) is 31.1 Å². The van der Waals surface area contributed by atoms with Crippen LogP contribution in [0.3, 0.4) is 0 Å². The fraction of sp³-hybridized carbons (Fsp3) is 1.00. The molecule has 1 saturated heterocycles. The molecule has 94 valence electrons. The molecule has 1 aliphatic heterocycles. The van der Waals surface area contributed by atoms with Gasteiger partial charge in [-0.3, -0.25) is 4.90 Å². The molecular formula is C14H27NO. The maximum atomic E-state index is 9.06. The van der Waals surface area contributed by atoms with Crippen molar-refractivity contribution >= 4 is 0 Å². The van der Waals surface area contributed by atoms with Gasteiger partial charge in [0.2, 0.25) is 0 Å². The summed E-state index contributed by atoms with van der Waals surface area (Å²) in [6, 6.07) is 0.638. The van der Waals surface area contributed by atoms with Crippen molar-refractivity contribution in [2.45, 2.75) is 64.3 Å². The lowest BCUT2D eigenvalue weighted by Crippen LogP contribution is -2.59. The Kier molecular flexibility index (Phi) is 4.26. The van der Waals surface area contributed by atoms with Gasteiger partial charge in [-0.25, -0.2) is 0 Å². The average Bonchev–Trinajstić information content (AvgIpc) is 2.49. The van der Waals surface area contributed by atoms with E-state index in [1.807, 2.05) is 0 Å². The highest BCUT2D eigenvalue weighted by atomic mass is 16.3. The van der Waals surface area contributed by atoms with E-state index >= 15 is 0 Å². The Hall–Kier alpha value is -0.0800. The molecule has 0 aromatic heterocycles. The molecule has 0 aromatic rings. The van der Waals surface area contributed by atoms with Crippen molar-refractivity contribution in [1.29, 1.82) is 0 Å². The highest BCUT2D eigenvalue weighted by molar-refractivity contribution is 4.97. The van der Waals surface area contributed by atoms with Crippen LogP contribution in [0.5, 0.6) is 0 Å². The molecule has 2 heteroatoms. The SMILES string of the molecule is CCC(CCO)N1CC2(CCCCCC2)C1. The molecule has 0 aromatic carbocycles. The van der Waals surface area contributed by atoms with Crippen molar-refractivity contribution in [1.82, 2.24) is 4.90 Å². The maximum absolute atomic E-state index is 9.06. The number of nitrogens with zero attached hydrogens (tertiary/aromatic N) is 1. The van der Waals surface area contributed by atoms with E-state index in [2.05, 4.69) is 11.8 Å². The van der Waals surface area contributed by atoms with E-state index in [1.54, 1.807) is 0 Å². The lowest BCUT2D eigenvalue weighted by molar-refractivity contribution is -0.0478. The number of aliphatic hydroxyl groups is 1. The van der Waals surface area contributed by atoms with Gasteiger partial charge in [0.1, 0.15) is 0 Å². The zero-order chi connectivity index (χ0) is 11.4. The van der Waals surface area contributed by atoms with E-state index in [0.29, 0.717) is 18.1 Å². The Morgan fingerprint density at radius 2 is 1.75 bits per heavy atom. The standard InChI is InChI=1S/C14H27NO/c1-2-13(7-10-16)15-11-14(12-15)8-5-3-4-6-9-14/h13,16H,2-12H2,1H3. The van der Waals surface area contributed by atoms with Gasteiger partial charge in [-0.2, -0.15) is 0 Å². The third-order valence-electron chi connectivity index (χ3n) is 4.69. The summed E-state index contributed by atoms with van der Waals surface area (Å²) in [4.78, 5) is 2.61. The third-order valence-corrected chi connectivity index (χ3v) is 4.69.